The number of nitrogens with one attached hydrogen (secondary N) is 1. The number of sulfonamides is 1. The van der Waals surface area contributed by atoms with E-state index >= 15 is 0 Å². The van der Waals surface area contributed by atoms with Gasteiger partial charge in [0.1, 0.15) is 12.6 Å². The molecule has 2 aromatic carbocycles. The van der Waals surface area contributed by atoms with Gasteiger partial charge >= 0.3 is 0 Å². The van der Waals surface area contributed by atoms with Crippen molar-refractivity contribution in [1.82, 2.24) is 10.2 Å². The molecule has 0 bridgehead atoms. The van der Waals surface area contributed by atoms with Crippen LogP contribution in [-0.4, -0.2) is 57.6 Å². The lowest BCUT2D eigenvalue weighted by Crippen LogP contribution is -2.52. The SMILES string of the molecule is CC[C@@H](C(=O)NC)N(CCc1ccccc1)C(=O)CN(c1ccc(I)cc1)S(C)(=O)=O. The van der Waals surface area contributed by atoms with Gasteiger partial charge in [0.15, 0.2) is 0 Å². The van der Waals surface area contributed by atoms with E-state index in [1.54, 1.807) is 24.3 Å². The Kier molecular flexibility index (Phi) is 9.30. The van der Waals surface area contributed by atoms with Crippen LogP contribution < -0.4 is 9.62 Å². The van der Waals surface area contributed by atoms with Crippen molar-refractivity contribution in [3.8, 4) is 0 Å². The van der Waals surface area contributed by atoms with Crippen LogP contribution in [0.15, 0.2) is 54.6 Å². The largest absolute Gasteiger partial charge is 0.357 e. The van der Waals surface area contributed by atoms with E-state index in [1.165, 1.54) is 11.9 Å². The Hall–Kier alpha value is -2.14. The summed E-state index contributed by atoms with van der Waals surface area (Å²) in [7, 11) is -2.17. The van der Waals surface area contributed by atoms with Gasteiger partial charge in [0, 0.05) is 17.2 Å². The molecule has 1 N–H and O–H groups in total. The van der Waals surface area contributed by atoms with Gasteiger partial charge in [-0.05, 0) is 65.3 Å². The number of amides is 2. The first kappa shape index (κ1) is 25.1. The van der Waals surface area contributed by atoms with Crippen LogP contribution in [0.5, 0.6) is 0 Å². The molecule has 0 heterocycles. The Morgan fingerprint density at radius 3 is 2.19 bits per heavy atom. The number of hydrogen-bond acceptors (Lipinski definition) is 4. The van der Waals surface area contributed by atoms with Gasteiger partial charge in [-0.3, -0.25) is 13.9 Å². The number of rotatable bonds is 10. The molecule has 0 aliphatic carbocycles. The molecular weight excluding hydrogens is 529 g/mol. The van der Waals surface area contributed by atoms with E-state index in [2.05, 4.69) is 27.9 Å². The van der Waals surface area contributed by atoms with Crippen molar-refractivity contribution >= 4 is 50.1 Å². The third kappa shape index (κ3) is 7.20. The zero-order chi connectivity index (χ0) is 23.0. The minimum absolute atomic E-state index is 0.274. The molecular formula is C22H28IN3O4S. The highest BCUT2D eigenvalue weighted by atomic mass is 127. The van der Waals surface area contributed by atoms with Crippen molar-refractivity contribution in [1.29, 1.82) is 0 Å². The van der Waals surface area contributed by atoms with Crippen molar-refractivity contribution in [3.05, 3.63) is 63.7 Å². The van der Waals surface area contributed by atoms with Gasteiger partial charge in [-0.15, -0.1) is 0 Å². The number of likely N-dealkylation sites (N-methyl/N-ethyl adjacent to an activating group) is 1. The van der Waals surface area contributed by atoms with Crippen molar-refractivity contribution in [2.75, 3.05) is 30.7 Å². The maximum atomic E-state index is 13.3. The number of carbonyl (C=O) groups is 2. The molecule has 0 aromatic heterocycles. The summed E-state index contributed by atoms with van der Waals surface area (Å²) in [5.74, 6) is -0.695. The van der Waals surface area contributed by atoms with Gasteiger partial charge in [0.05, 0.1) is 11.9 Å². The van der Waals surface area contributed by atoms with Gasteiger partial charge in [-0.1, -0.05) is 37.3 Å². The number of nitrogens with zero attached hydrogens (tertiary/aromatic N) is 2. The molecule has 2 aromatic rings. The fraction of sp³-hybridized carbons (Fsp3) is 0.364. The third-order valence-corrected chi connectivity index (χ3v) is 6.77. The van der Waals surface area contributed by atoms with Gasteiger partial charge in [-0.2, -0.15) is 0 Å². The quantitative estimate of drug-likeness (QED) is 0.456. The Morgan fingerprint density at radius 1 is 1.06 bits per heavy atom. The van der Waals surface area contributed by atoms with Crippen LogP contribution in [0, 0.1) is 3.57 Å². The van der Waals surface area contributed by atoms with Gasteiger partial charge in [0.2, 0.25) is 21.8 Å². The minimum Gasteiger partial charge on any atom is -0.357 e. The van der Waals surface area contributed by atoms with Gasteiger partial charge in [0.25, 0.3) is 0 Å². The topological polar surface area (TPSA) is 86.8 Å². The molecule has 0 unspecified atom stereocenters. The molecule has 2 amide bonds. The molecule has 7 nitrogen and oxygen atoms in total. The zero-order valence-electron chi connectivity index (χ0n) is 17.9. The average Bonchev–Trinajstić information content (AvgIpc) is 2.75. The van der Waals surface area contributed by atoms with Gasteiger partial charge in [-0.25, -0.2) is 8.42 Å². The number of benzene rings is 2. The van der Waals surface area contributed by atoms with E-state index in [1.807, 2.05) is 37.3 Å². The first-order valence-electron chi connectivity index (χ1n) is 9.95. The summed E-state index contributed by atoms with van der Waals surface area (Å²) in [6.07, 6.45) is 2.05. The van der Waals surface area contributed by atoms with Crippen molar-refractivity contribution in [3.63, 3.8) is 0 Å². The molecule has 168 valence electrons. The first-order valence-corrected chi connectivity index (χ1v) is 12.9. The maximum absolute atomic E-state index is 13.3. The summed E-state index contributed by atoms with van der Waals surface area (Å²) in [4.78, 5) is 27.3. The first-order chi connectivity index (χ1) is 14.7. The van der Waals surface area contributed by atoms with E-state index in [0.717, 1.165) is 19.7 Å². The van der Waals surface area contributed by atoms with E-state index in [4.69, 9.17) is 0 Å². The smallest absolute Gasteiger partial charge is 0.244 e. The second-order valence-electron chi connectivity index (χ2n) is 7.11. The predicted octanol–water partition coefficient (Wildman–Crippen LogP) is 2.65. The van der Waals surface area contributed by atoms with Crippen LogP contribution in [0.2, 0.25) is 0 Å². The summed E-state index contributed by atoms with van der Waals surface area (Å²) in [6, 6.07) is 15.9. The molecule has 0 aliphatic rings. The molecule has 0 fully saturated rings. The molecule has 1 atom stereocenters. The van der Waals surface area contributed by atoms with Crippen molar-refractivity contribution in [2.24, 2.45) is 0 Å². The second kappa shape index (κ2) is 11.5. The fourth-order valence-corrected chi connectivity index (χ4v) is 4.49. The minimum atomic E-state index is -3.70. The third-order valence-electron chi connectivity index (χ3n) is 4.91. The van der Waals surface area contributed by atoms with Gasteiger partial charge < -0.3 is 10.2 Å². The van der Waals surface area contributed by atoms with E-state index in [-0.39, 0.29) is 12.5 Å². The Balaban J connectivity index is 2.32. The lowest BCUT2D eigenvalue weighted by atomic mass is 10.1. The van der Waals surface area contributed by atoms with Crippen LogP contribution in [0.4, 0.5) is 5.69 Å². The summed E-state index contributed by atoms with van der Waals surface area (Å²) in [5.41, 5.74) is 1.44. The number of anilines is 1. The zero-order valence-corrected chi connectivity index (χ0v) is 20.9. The highest BCUT2D eigenvalue weighted by Crippen LogP contribution is 2.20. The summed E-state index contributed by atoms with van der Waals surface area (Å²) in [6.45, 7) is 1.76. The van der Waals surface area contributed by atoms with Crippen LogP contribution in [0.1, 0.15) is 18.9 Å². The molecule has 2 rings (SSSR count). The second-order valence-corrected chi connectivity index (χ2v) is 10.3. The van der Waals surface area contributed by atoms with E-state index < -0.39 is 22.0 Å². The standard InChI is InChI=1S/C22H28IN3O4S/c1-4-20(22(28)24-2)25(15-14-17-8-6-5-7-9-17)21(27)16-26(31(3,29)30)19-12-10-18(23)11-13-19/h5-13,20H,4,14-16H2,1-3H3,(H,24,28)/t20-/m0/s1. The monoisotopic (exact) mass is 557 g/mol. The van der Waals surface area contributed by atoms with E-state index in [0.29, 0.717) is 25.1 Å². The summed E-state index contributed by atoms with van der Waals surface area (Å²) < 4.78 is 27.0. The Morgan fingerprint density at radius 2 is 1.68 bits per heavy atom. The Labute approximate surface area is 198 Å². The molecule has 0 saturated heterocycles. The molecule has 31 heavy (non-hydrogen) atoms. The normalized spacial score (nSPS) is 12.1. The summed E-state index contributed by atoms with van der Waals surface area (Å²) in [5, 5.41) is 2.61. The number of halogens is 1. The van der Waals surface area contributed by atoms with Crippen molar-refractivity contribution in [2.45, 2.75) is 25.8 Å². The van der Waals surface area contributed by atoms with Crippen LogP contribution >= 0.6 is 22.6 Å². The van der Waals surface area contributed by atoms with Crippen molar-refractivity contribution < 1.29 is 18.0 Å². The molecule has 0 radical (unpaired) electrons. The van der Waals surface area contributed by atoms with Crippen LogP contribution in [-0.2, 0) is 26.0 Å². The summed E-state index contributed by atoms with van der Waals surface area (Å²) >= 11 is 2.13. The number of carbonyl (C=O) groups excluding carboxylic acids is 2. The number of hydrogen-bond donors (Lipinski definition) is 1. The lowest BCUT2D eigenvalue weighted by molar-refractivity contribution is -0.139. The molecule has 0 aliphatic heterocycles. The predicted molar refractivity (Wildman–Crippen MR) is 131 cm³/mol. The maximum Gasteiger partial charge on any atom is 0.244 e. The molecule has 0 spiro atoms. The molecule has 9 heteroatoms. The Bertz CT molecular complexity index is 982. The highest BCUT2D eigenvalue weighted by molar-refractivity contribution is 14.1. The van der Waals surface area contributed by atoms with E-state index in [9.17, 15) is 18.0 Å². The van der Waals surface area contributed by atoms with Crippen LogP contribution in [0.3, 0.4) is 0 Å². The molecule has 0 saturated carbocycles. The average molecular weight is 557 g/mol. The van der Waals surface area contributed by atoms with Crippen LogP contribution in [0.25, 0.3) is 0 Å². The highest BCUT2D eigenvalue weighted by Gasteiger charge is 2.30. The lowest BCUT2D eigenvalue weighted by Gasteiger charge is -2.32. The fourth-order valence-electron chi connectivity index (χ4n) is 3.28.